The Morgan fingerprint density at radius 2 is 2.22 bits per heavy atom. The van der Waals surface area contributed by atoms with Gasteiger partial charge in [-0.1, -0.05) is 13.8 Å². The van der Waals surface area contributed by atoms with E-state index < -0.39 is 6.04 Å². The lowest BCUT2D eigenvalue weighted by molar-refractivity contribution is -0.146. The molecule has 0 aromatic rings. The molecule has 1 unspecified atom stereocenters. The summed E-state index contributed by atoms with van der Waals surface area (Å²) < 4.78 is 4.69. The average molecular weight is 274 g/mol. The van der Waals surface area contributed by atoms with Crippen molar-refractivity contribution >= 4 is 23.6 Å². The first-order valence-corrected chi connectivity index (χ1v) is 7.38. The molecule has 0 radical (unpaired) electrons. The van der Waals surface area contributed by atoms with Gasteiger partial charge in [-0.25, -0.2) is 4.79 Å². The van der Waals surface area contributed by atoms with Gasteiger partial charge in [0.1, 0.15) is 6.04 Å². The molecule has 0 spiro atoms. The minimum atomic E-state index is -0.557. The van der Waals surface area contributed by atoms with Crippen LogP contribution in [0.3, 0.4) is 0 Å². The molecule has 2 atom stereocenters. The summed E-state index contributed by atoms with van der Waals surface area (Å²) in [6.07, 6.45) is 0.410. The second-order valence-corrected chi connectivity index (χ2v) is 5.89. The smallest absolute Gasteiger partial charge is 0.328 e. The highest BCUT2D eigenvalue weighted by atomic mass is 32.2. The number of thioether (sulfide) groups is 1. The molecular weight excluding hydrogens is 252 g/mol. The molecule has 0 bridgehead atoms. The van der Waals surface area contributed by atoms with Crippen molar-refractivity contribution in [1.29, 1.82) is 0 Å². The third kappa shape index (κ3) is 4.86. The molecule has 104 valence electrons. The van der Waals surface area contributed by atoms with Gasteiger partial charge < -0.3 is 15.4 Å². The van der Waals surface area contributed by atoms with E-state index in [0.717, 1.165) is 18.1 Å². The number of ether oxygens (including phenoxy) is 1. The summed E-state index contributed by atoms with van der Waals surface area (Å²) in [5.41, 5.74) is 0. The van der Waals surface area contributed by atoms with Crippen molar-refractivity contribution in [2.24, 2.45) is 5.92 Å². The second-order valence-electron chi connectivity index (χ2n) is 4.74. The number of hydrogen-bond donors (Lipinski definition) is 2. The summed E-state index contributed by atoms with van der Waals surface area (Å²) in [5.74, 6) is 1.57. The van der Waals surface area contributed by atoms with Gasteiger partial charge in [-0.2, -0.15) is 11.8 Å². The van der Waals surface area contributed by atoms with Crippen molar-refractivity contribution in [3.63, 3.8) is 0 Å². The van der Waals surface area contributed by atoms with Crippen molar-refractivity contribution in [1.82, 2.24) is 10.6 Å². The maximum atomic E-state index is 11.9. The lowest BCUT2D eigenvalue weighted by Gasteiger charge is -2.24. The number of methoxy groups -OCH3 is 1. The topological polar surface area (TPSA) is 67.4 Å². The molecular formula is C12H22N2O3S. The van der Waals surface area contributed by atoms with Crippen molar-refractivity contribution < 1.29 is 14.3 Å². The summed E-state index contributed by atoms with van der Waals surface area (Å²) in [6.45, 7) is 4.71. The zero-order valence-corrected chi connectivity index (χ0v) is 12.0. The van der Waals surface area contributed by atoms with Gasteiger partial charge >= 0.3 is 5.97 Å². The van der Waals surface area contributed by atoms with Crippen LogP contribution >= 0.6 is 11.8 Å². The van der Waals surface area contributed by atoms with E-state index >= 15 is 0 Å². The minimum Gasteiger partial charge on any atom is -0.467 e. The normalized spacial score (nSPS) is 21.4. The molecule has 1 amide bonds. The fourth-order valence-electron chi connectivity index (χ4n) is 1.83. The van der Waals surface area contributed by atoms with E-state index in [2.05, 4.69) is 10.6 Å². The molecule has 1 aliphatic rings. The number of nitrogens with one attached hydrogen (secondary N) is 2. The summed E-state index contributed by atoms with van der Waals surface area (Å²) in [7, 11) is 1.34. The Morgan fingerprint density at radius 3 is 2.72 bits per heavy atom. The van der Waals surface area contributed by atoms with Crippen LogP contribution in [-0.2, 0) is 14.3 Å². The van der Waals surface area contributed by atoms with Crippen LogP contribution < -0.4 is 10.6 Å². The van der Waals surface area contributed by atoms with Gasteiger partial charge in [0.05, 0.1) is 7.11 Å². The zero-order chi connectivity index (χ0) is 13.5. The first-order valence-electron chi connectivity index (χ1n) is 6.23. The van der Waals surface area contributed by atoms with E-state index in [9.17, 15) is 9.59 Å². The molecule has 2 N–H and O–H groups in total. The Labute approximate surface area is 112 Å². The number of rotatable bonds is 5. The Morgan fingerprint density at radius 1 is 1.50 bits per heavy atom. The van der Waals surface area contributed by atoms with Crippen LogP contribution in [-0.4, -0.2) is 49.1 Å². The van der Waals surface area contributed by atoms with Crippen molar-refractivity contribution in [3.8, 4) is 0 Å². The number of esters is 1. The average Bonchev–Trinajstić information content (AvgIpc) is 2.36. The highest BCUT2D eigenvalue weighted by Crippen LogP contribution is 2.11. The van der Waals surface area contributed by atoms with Crippen molar-refractivity contribution in [2.45, 2.75) is 32.4 Å². The highest BCUT2D eigenvalue weighted by Gasteiger charge is 2.26. The standard InChI is InChI=1S/C12H22N2O3S/c1-8(2)11(12(16)17-3)14-10(15)6-9-7-18-5-4-13-9/h8-9,11,13H,4-7H2,1-3H3,(H,14,15)/t9?,11-/m0/s1. The fourth-order valence-corrected chi connectivity index (χ4v) is 2.78. The van der Waals surface area contributed by atoms with Crippen LogP contribution in [0.25, 0.3) is 0 Å². The van der Waals surface area contributed by atoms with Crippen LogP contribution in [0.5, 0.6) is 0 Å². The van der Waals surface area contributed by atoms with Crippen LogP contribution in [0, 0.1) is 5.92 Å². The Balaban J connectivity index is 2.42. The molecule has 18 heavy (non-hydrogen) atoms. The molecule has 6 heteroatoms. The monoisotopic (exact) mass is 274 g/mol. The van der Waals surface area contributed by atoms with Gasteiger partial charge in [0.15, 0.2) is 0 Å². The first-order chi connectivity index (χ1) is 8.54. The van der Waals surface area contributed by atoms with E-state index in [-0.39, 0.29) is 23.8 Å². The highest BCUT2D eigenvalue weighted by molar-refractivity contribution is 7.99. The minimum absolute atomic E-state index is 0.0232. The predicted molar refractivity (Wildman–Crippen MR) is 72.5 cm³/mol. The summed E-state index contributed by atoms with van der Waals surface area (Å²) in [4.78, 5) is 23.4. The van der Waals surface area contributed by atoms with E-state index in [0.29, 0.717) is 6.42 Å². The van der Waals surface area contributed by atoms with Gasteiger partial charge in [0.2, 0.25) is 5.91 Å². The lowest BCUT2D eigenvalue weighted by Crippen LogP contribution is -2.48. The van der Waals surface area contributed by atoms with Crippen LogP contribution in [0.4, 0.5) is 0 Å². The molecule has 1 saturated heterocycles. The van der Waals surface area contributed by atoms with Gasteiger partial charge in [-0.05, 0) is 5.92 Å². The third-order valence-electron chi connectivity index (χ3n) is 2.87. The fraction of sp³-hybridized carbons (Fsp3) is 0.833. The first kappa shape index (κ1) is 15.3. The van der Waals surface area contributed by atoms with Crippen molar-refractivity contribution in [3.05, 3.63) is 0 Å². The Hall–Kier alpha value is -0.750. The number of amides is 1. The van der Waals surface area contributed by atoms with E-state index in [1.807, 2.05) is 25.6 Å². The van der Waals surface area contributed by atoms with Gasteiger partial charge in [-0.15, -0.1) is 0 Å². The van der Waals surface area contributed by atoms with E-state index in [4.69, 9.17) is 4.74 Å². The molecule has 1 rings (SSSR count). The van der Waals surface area contributed by atoms with Gasteiger partial charge in [-0.3, -0.25) is 4.79 Å². The second kappa shape index (κ2) is 7.63. The zero-order valence-electron chi connectivity index (χ0n) is 11.2. The maximum Gasteiger partial charge on any atom is 0.328 e. The number of carbonyl (C=O) groups excluding carboxylic acids is 2. The molecule has 5 nitrogen and oxygen atoms in total. The molecule has 0 aromatic heterocycles. The molecule has 0 saturated carbocycles. The summed E-state index contributed by atoms with van der Waals surface area (Å²) >= 11 is 1.85. The van der Waals surface area contributed by atoms with Crippen molar-refractivity contribution in [2.75, 3.05) is 25.2 Å². The van der Waals surface area contributed by atoms with Gasteiger partial charge in [0, 0.05) is 30.5 Å². The third-order valence-corrected chi connectivity index (χ3v) is 4.00. The quantitative estimate of drug-likeness (QED) is 0.710. The van der Waals surface area contributed by atoms with Crippen LogP contribution in [0.1, 0.15) is 20.3 Å². The molecule has 0 aromatic carbocycles. The van der Waals surface area contributed by atoms with E-state index in [1.54, 1.807) is 0 Å². The number of carbonyl (C=O) groups is 2. The van der Waals surface area contributed by atoms with E-state index in [1.165, 1.54) is 7.11 Å². The number of hydrogen-bond acceptors (Lipinski definition) is 5. The molecule has 0 aliphatic carbocycles. The summed E-state index contributed by atoms with van der Waals surface area (Å²) in [5, 5.41) is 6.05. The maximum absolute atomic E-state index is 11.9. The Bertz CT molecular complexity index is 291. The molecule has 1 fully saturated rings. The van der Waals surface area contributed by atoms with Gasteiger partial charge in [0.25, 0.3) is 0 Å². The van der Waals surface area contributed by atoms with Crippen LogP contribution in [0.15, 0.2) is 0 Å². The largest absolute Gasteiger partial charge is 0.467 e. The lowest BCUT2D eigenvalue weighted by atomic mass is 10.0. The Kier molecular flexibility index (Phi) is 6.49. The molecule has 1 aliphatic heterocycles. The summed E-state index contributed by atoms with van der Waals surface area (Å²) in [6, 6.07) is -0.354. The molecule has 1 heterocycles. The SMILES string of the molecule is COC(=O)[C@@H](NC(=O)CC1CSCCN1)C(C)C. The predicted octanol–water partition coefficient (Wildman–Crippen LogP) is 0.395. The van der Waals surface area contributed by atoms with Crippen LogP contribution in [0.2, 0.25) is 0 Å².